The molecule has 1 amide bonds. The molecule has 1 aromatic rings. The lowest BCUT2D eigenvalue weighted by Gasteiger charge is -2.11. The molecule has 0 aliphatic carbocycles. The Morgan fingerprint density at radius 3 is 2.76 bits per heavy atom. The fraction of sp³-hybridized carbons (Fsp3) is 0.571. The molecule has 0 spiro atoms. The lowest BCUT2D eigenvalue weighted by molar-refractivity contribution is -0.385. The van der Waals surface area contributed by atoms with Gasteiger partial charge in [-0.1, -0.05) is 27.2 Å². The van der Waals surface area contributed by atoms with Crippen LogP contribution in [0, 0.1) is 16.0 Å². The molecule has 1 aromatic heterocycles. The zero-order valence-electron chi connectivity index (χ0n) is 12.7. The second kappa shape index (κ2) is 8.18. The molecule has 7 nitrogen and oxygen atoms in total. The third kappa shape index (κ3) is 5.02. The number of pyridine rings is 1. The molecule has 0 saturated carbocycles. The average molecular weight is 294 g/mol. The van der Waals surface area contributed by atoms with Gasteiger partial charge in [0.15, 0.2) is 0 Å². The first-order valence-corrected chi connectivity index (χ1v) is 7.16. The van der Waals surface area contributed by atoms with Gasteiger partial charge in [0.1, 0.15) is 17.6 Å². The van der Waals surface area contributed by atoms with E-state index >= 15 is 0 Å². The normalized spacial score (nSPS) is 11.8. The highest BCUT2D eigenvalue weighted by Crippen LogP contribution is 2.20. The Morgan fingerprint density at radius 1 is 1.48 bits per heavy atom. The van der Waals surface area contributed by atoms with Crippen LogP contribution in [0.5, 0.6) is 0 Å². The van der Waals surface area contributed by atoms with E-state index in [1.165, 1.54) is 6.07 Å². The maximum absolute atomic E-state index is 12.1. The number of rotatable bonds is 8. The van der Waals surface area contributed by atoms with Crippen LogP contribution in [0.2, 0.25) is 0 Å². The van der Waals surface area contributed by atoms with Crippen molar-refractivity contribution in [1.82, 2.24) is 10.3 Å². The predicted molar refractivity (Wildman–Crippen MR) is 81.5 cm³/mol. The molecule has 1 unspecified atom stereocenters. The van der Waals surface area contributed by atoms with Crippen molar-refractivity contribution in [2.24, 2.45) is 5.92 Å². The number of nitrogens with zero attached hydrogens (tertiary/aromatic N) is 2. The molecule has 2 N–H and O–H groups in total. The minimum absolute atomic E-state index is 0.0388. The van der Waals surface area contributed by atoms with Crippen LogP contribution in [0.15, 0.2) is 12.3 Å². The number of anilines is 1. The summed E-state index contributed by atoms with van der Waals surface area (Å²) in [5, 5.41) is 16.8. The number of nitrogens with one attached hydrogen (secondary N) is 2. The minimum Gasteiger partial charge on any atom is -0.370 e. The maximum Gasteiger partial charge on any atom is 0.300 e. The van der Waals surface area contributed by atoms with Gasteiger partial charge in [-0.25, -0.2) is 4.98 Å². The second-order valence-corrected chi connectivity index (χ2v) is 4.99. The Hall–Kier alpha value is -2.18. The van der Waals surface area contributed by atoms with Crippen molar-refractivity contribution in [3.63, 3.8) is 0 Å². The van der Waals surface area contributed by atoms with Crippen LogP contribution in [0.4, 0.5) is 11.5 Å². The van der Waals surface area contributed by atoms with Gasteiger partial charge in [-0.05, 0) is 12.3 Å². The molecule has 1 rings (SSSR count). The quantitative estimate of drug-likeness (QED) is 0.567. The van der Waals surface area contributed by atoms with Crippen LogP contribution in [0.3, 0.4) is 0 Å². The van der Waals surface area contributed by atoms with Crippen molar-refractivity contribution < 1.29 is 9.72 Å². The van der Waals surface area contributed by atoms with E-state index in [4.69, 9.17) is 0 Å². The third-order valence-corrected chi connectivity index (χ3v) is 3.19. The van der Waals surface area contributed by atoms with E-state index < -0.39 is 10.8 Å². The molecule has 0 aliphatic heterocycles. The van der Waals surface area contributed by atoms with E-state index in [0.29, 0.717) is 24.8 Å². The summed E-state index contributed by atoms with van der Waals surface area (Å²) in [4.78, 5) is 26.5. The molecule has 0 saturated heterocycles. The first-order chi connectivity index (χ1) is 9.99. The Bertz CT molecular complexity index is 505. The Kier molecular flexibility index (Phi) is 6.58. The smallest absolute Gasteiger partial charge is 0.300 e. The van der Waals surface area contributed by atoms with Gasteiger partial charge in [0.05, 0.1) is 4.92 Å². The molecule has 116 valence electrons. The molecule has 0 aliphatic rings. The maximum atomic E-state index is 12.1. The fourth-order valence-electron chi connectivity index (χ4n) is 1.63. The van der Waals surface area contributed by atoms with Crippen molar-refractivity contribution >= 4 is 17.4 Å². The summed E-state index contributed by atoms with van der Waals surface area (Å²) in [6.45, 7) is 7.22. The predicted octanol–water partition coefficient (Wildman–Crippen LogP) is 2.59. The van der Waals surface area contributed by atoms with Crippen molar-refractivity contribution in [2.75, 3.05) is 18.4 Å². The largest absolute Gasteiger partial charge is 0.370 e. The Labute approximate surface area is 124 Å². The van der Waals surface area contributed by atoms with Gasteiger partial charge >= 0.3 is 0 Å². The van der Waals surface area contributed by atoms with Crippen LogP contribution < -0.4 is 10.6 Å². The van der Waals surface area contributed by atoms with E-state index in [1.807, 2.05) is 20.8 Å². The van der Waals surface area contributed by atoms with Crippen LogP contribution in [0.25, 0.3) is 0 Å². The number of nitro groups is 1. The van der Waals surface area contributed by atoms with Crippen molar-refractivity contribution in [1.29, 1.82) is 0 Å². The number of carbonyl (C=O) groups excluding carboxylic acids is 1. The van der Waals surface area contributed by atoms with Crippen molar-refractivity contribution in [3.05, 3.63) is 27.9 Å². The van der Waals surface area contributed by atoms with Crippen molar-refractivity contribution in [2.45, 2.75) is 33.6 Å². The van der Waals surface area contributed by atoms with Gasteiger partial charge in [0, 0.05) is 19.2 Å². The molecular weight excluding hydrogens is 272 g/mol. The van der Waals surface area contributed by atoms with E-state index in [1.54, 1.807) is 0 Å². The highest BCUT2D eigenvalue weighted by Gasteiger charge is 2.21. The fourth-order valence-corrected chi connectivity index (χ4v) is 1.63. The molecule has 0 aromatic carbocycles. The van der Waals surface area contributed by atoms with Gasteiger partial charge < -0.3 is 10.6 Å². The molecule has 0 bridgehead atoms. The summed E-state index contributed by atoms with van der Waals surface area (Å²) < 4.78 is 0. The molecule has 1 atom stereocenters. The van der Waals surface area contributed by atoms with E-state index in [-0.39, 0.29) is 11.3 Å². The summed E-state index contributed by atoms with van der Waals surface area (Å²) in [7, 11) is 0. The topological polar surface area (TPSA) is 97.2 Å². The van der Waals surface area contributed by atoms with Gasteiger partial charge in [0.25, 0.3) is 11.6 Å². The molecule has 1 heterocycles. The summed E-state index contributed by atoms with van der Waals surface area (Å²) in [5.74, 6) is 0.354. The SMILES string of the molecule is CCCNc1cc(C(=O)NCC(C)CC)c([N+](=O)[O-])cn1. The second-order valence-electron chi connectivity index (χ2n) is 4.99. The van der Waals surface area contributed by atoms with Crippen LogP contribution in [-0.2, 0) is 0 Å². The Balaban J connectivity index is 2.94. The highest BCUT2D eigenvalue weighted by molar-refractivity contribution is 5.98. The van der Waals surface area contributed by atoms with Gasteiger partial charge in [-0.2, -0.15) is 0 Å². The first-order valence-electron chi connectivity index (χ1n) is 7.16. The molecule has 21 heavy (non-hydrogen) atoms. The number of hydrogen-bond acceptors (Lipinski definition) is 5. The van der Waals surface area contributed by atoms with Gasteiger partial charge in [-0.3, -0.25) is 14.9 Å². The highest BCUT2D eigenvalue weighted by atomic mass is 16.6. The molecule has 0 radical (unpaired) electrons. The minimum atomic E-state index is -0.589. The summed E-state index contributed by atoms with van der Waals surface area (Å²) in [6, 6.07) is 1.43. The zero-order valence-corrected chi connectivity index (χ0v) is 12.7. The van der Waals surface area contributed by atoms with Gasteiger partial charge in [-0.15, -0.1) is 0 Å². The Morgan fingerprint density at radius 2 is 2.19 bits per heavy atom. The lowest BCUT2D eigenvalue weighted by Crippen LogP contribution is -2.28. The van der Waals surface area contributed by atoms with E-state index in [2.05, 4.69) is 15.6 Å². The average Bonchev–Trinajstić information content (AvgIpc) is 2.49. The van der Waals surface area contributed by atoms with Gasteiger partial charge in [0.2, 0.25) is 0 Å². The third-order valence-electron chi connectivity index (χ3n) is 3.19. The standard InChI is InChI=1S/C14H22N4O3/c1-4-6-15-13-7-11(12(9-16-13)18(20)21)14(19)17-8-10(3)5-2/h7,9-10H,4-6,8H2,1-3H3,(H,15,16)(H,17,19). The molecule has 0 fully saturated rings. The van der Waals surface area contributed by atoms with E-state index in [9.17, 15) is 14.9 Å². The van der Waals surface area contributed by atoms with Crippen LogP contribution in [0.1, 0.15) is 44.0 Å². The lowest BCUT2D eigenvalue weighted by atomic mass is 10.1. The monoisotopic (exact) mass is 294 g/mol. The zero-order chi connectivity index (χ0) is 15.8. The summed E-state index contributed by atoms with van der Waals surface area (Å²) >= 11 is 0. The summed E-state index contributed by atoms with van der Waals surface area (Å²) in [5.41, 5.74) is -0.240. The number of carbonyl (C=O) groups is 1. The molecular formula is C14H22N4O3. The van der Waals surface area contributed by atoms with Crippen LogP contribution >= 0.6 is 0 Å². The summed E-state index contributed by atoms with van der Waals surface area (Å²) in [6.07, 6.45) is 2.95. The van der Waals surface area contributed by atoms with Crippen molar-refractivity contribution in [3.8, 4) is 0 Å². The number of hydrogen-bond donors (Lipinski definition) is 2. The van der Waals surface area contributed by atoms with E-state index in [0.717, 1.165) is 19.0 Å². The van der Waals surface area contributed by atoms with Crippen LogP contribution in [-0.4, -0.2) is 28.9 Å². The molecule has 7 heteroatoms. The first kappa shape index (κ1) is 16.9. The number of amides is 1. The number of aromatic nitrogens is 1.